The first-order valence-corrected chi connectivity index (χ1v) is 7.27. The van der Waals surface area contributed by atoms with Crippen LogP contribution in [-0.2, 0) is 9.47 Å². The van der Waals surface area contributed by atoms with Crippen LogP contribution in [0.4, 0.5) is 0 Å². The van der Waals surface area contributed by atoms with Crippen LogP contribution in [0.5, 0.6) is 0 Å². The molecule has 0 aromatic heterocycles. The van der Waals surface area contributed by atoms with Crippen molar-refractivity contribution in [2.24, 2.45) is 5.92 Å². The van der Waals surface area contributed by atoms with E-state index in [0.29, 0.717) is 12.1 Å². The summed E-state index contributed by atoms with van der Waals surface area (Å²) in [6.07, 6.45) is 8.05. The number of hydrogen-bond donors (Lipinski definition) is 1. The molecule has 2 aliphatic rings. The molecule has 0 aromatic rings. The smallest absolute Gasteiger partial charge is 0.0594 e. The van der Waals surface area contributed by atoms with Crippen molar-refractivity contribution in [3.63, 3.8) is 0 Å². The Bertz CT molecular complexity index is 196. The van der Waals surface area contributed by atoms with Crippen LogP contribution in [0.3, 0.4) is 0 Å². The zero-order valence-corrected chi connectivity index (χ0v) is 11.1. The molecule has 2 rings (SSSR count). The molecule has 1 saturated carbocycles. The second-order valence-electron chi connectivity index (χ2n) is 5.59. The summed E-state index contributed by atoms with van der Waals surface area (Å²) in [7, 11) is 0. The Kier molecular flexibility index (Phi) is 5.75. The van der Waals surface area contributed by atoms with Crippen molar-refractivity contribution in [1.29, 1.82) is 0 Å². The van der Waals surface area contributed by atoms with Gasteiger partial charge in [0.15, 0.2) is 0 Å². The topological polar surface area (TPSA) is 30.5 Å². The second-order valence-corrected chi connectivity index (χ2v) is 5.59. The van der Waals surface area contributed by atoms with Gasteiger partial charge in [0.2, 0.25) is 0 Å². The van der Waals surface area contributed by atoms with Crippen molar-refractivity contribution >= 4 is 0 Å². The number of ether oxygens (including phenoxy) is 2. The van der Waals surface area contributed by atoms with Gasteiger partial charge in [-0.1, -0.05) is 6.92 Å². The lowest BCUT2D eigenvalue weighted by Crippen LogP contribution is -2.37. The van der Waals surface area contributed by atoms with E-state index < -0.39 is 0 Å². The summed E-state index contributed by atoms with van der Waals surface area (Å²) in [4.78, 5) is 0. The molecular weight excluding hydrogens is 214 g/mol. The first-order valence-electron chi connectivity index (χ1n) is 7.27. The third kappa shape index (κ3) is 4.94. The molecule has 0 radical (unpaired) electrons. The highest BCUT2D eigenvalue weighted by atomic mass is 16.5. The lowest BCUT2D eigenvalue weighted by atomic mass is 9.89. The van der Waals surface area contributed by atoms with Crippen LogP contribution in [0.15, 0.2) is 0 Å². The van der Waals surface area contributed by atoms with E-state index in [9.17, 15) is 0 Å². The zero-order valence-electron chi connectivity index (χ0n) is 11.1. The minimum atomic E-state index is 0.530. The third-order valence-electron chi connectivity index (χ3n) is 4.07. The second kappa shape index (κ2) is 7.34. The molecule has 0 unspecified atom stereocenters. The van der Waals surface area contributed by atoms with Crippen LogP contribution < -0.4 is 5.32 Å². The van der Waals surface area contributed by atoms with Gasteiger partial charge in [-0.3, -0.25) is 0 Å². The summed E-state index contributed by atoms with van der Waals surface area (Å²) >= 11 is 0. The maximum absolute atomic E-state index is 5.93. The summed E-state index contributed by atoms with van der Waals surface area (Å²) in [5.74, 6) is 0.912. The van der Waals surface area contributed by atoms with Gasteiger partial charge in [0.1, 0.15) is 0 Å². The standard InChI is InChI=1S/C14H27NO2/c1-12-2-4-14(5-3-12)17-11-8-15-13-6-9-16-10-7-13/h12-15H,2-11H2,1H3. The van der Waals surface area contributed by atoms with Gasteiger partial charge >= 0.3 is 0 Å². The normalized spacial score (nSPS) is 31.6. The molecule has 3 nitrogen and oxygen atoms in total. The number of hydrogen-bond acceptors (Lipinski definition) is 3. The minimum Gasteiger partial charge on any atom is -0.381 e. The maximum atomic E-state index is 5.93. The number of nitrogens with one attached hydrogen (secondary N) is 1. The highest BCUT2D eigenvalue weighted by molar-refractivity contribution is 4.72. The molecule has 1 aliphatic heterocycles. The fraction of sp³-hybridized carbons (Fsp3) is 1.00. The molecule has 0 aromatic carbocycles. The quantitative estimate of drug-likeness (QED) is 0.750. The van der Waals surface area contributed by atoms with Gasteiger partial charge in [-0.2, -0.15) is 0 Å². The average Bonchev–Trinajstić information content (AvgIpc) is 2.38. The van der Waals surface area contributed by atoms with E-state index in [-0.39, 0.29) is 0 Å². The van der Waals surface area contributed by atoms with Crippen LogP contribution >= 0.6 is 0 Å². The molecule has 1 heterocycles. The van der Waals surface area contributed by atoms with Crippen LogP contribution in [0.1, 0.15) is 45.4 Å². The van der Waals surface area contributed by atoms with E-state index in [1.54, 1.807) is 0 Å². The lowest BCUT2D eigenvalue weighted by molar-refractivity contribution is 0.0178. The Labute approximate surface area is 105 Å². The first kappa shape index (κ1) is 13.3. The predicted molar refractivity (Wildman–Crippen MR) is 69.2 cm³/mol. The van der Waals surface area contributed by atoms with E-state index in [1.807, 2.05) is 0 Å². The van der Waals surface area contributed by atoms with Gasteiger partial charge in [-0.25, -0.2) is 0 Å². The summed E-state index contributed by atoms with van der Waals surface area (Å²) in [6.45, 7) is 6.05. The third-order valence-corrected chi connectivity index (χ3v) is 4.07. The van der Waals surface area contributed by atoms with Gasteiger partial charge in [0.25, 0.3) is 0 Å². The van der Waals surface area contributed by atoms with E-state index in [2.05, 4.69) is 12.2 Å². The molecule has 1 aliphatic carbocycles. The molecule has 0 spiro atoms. The SMILES string of the molecule is CC1CCC(OCCNC2CCOCC2)CC1. The molecule has 3 heteroatoms. The van der Waals surface area contributed by atoms with Crippen LogP contribution in [0, 0.1) is 5.92 Å². The van der Waals surface area contributed by atoms with Gasteiger partial charge in [-0.05, 0) is 44.4 Å². The van der Waals surface area contributed by atoms with Gasteiger partial charge < -0.3 is 14.8 Å². The van der Waals surface area contributed by atoms with Crippen LogP contribution in [0.25, 0.3) is 0 Å². The van der Waals surface area contributed by atoms with E-state index in [4.69, 9.17) is 9.47 Å². The van der Waals surface area contributed by atoms with E-state index >= 15 is 0 Å². The van der Waals surface area contributed by atoms with Crippen LogP contribution in [0.2, 0.25) is 0 Å². The van der Waals surface area contributed by atoms with Gasteiger partial charge in [0, 0.05) is 25.8 Å². The number of rotatable bonds is 5. The van der Waals surface area contributed by atoms with Crippen molar-refractivity contribution in [2.45, 2.75) is 57.6 Å². The Morgan fingerprint density at radius 1 is 1.06 bits per heavy atom. The fourth-order valence-electron chi connectivity index (χ4n) is 2.79. The summed E-state index contributed by atoms with van der Waals surface area (Å²) in [5, 5.41) is 3.56. The fourth-order valence-corrected chi connectivity index (χ4v) is 2.79. The molecule has 0 atom stereocenters. The summed E-state index contributed by atoms with van der Waals surface area (Å²) in [5.41, 5.74) is 0. The van der Waals surface area contributed by atoms with Crippen LogP contribution in [-0.4, -0.2) is 38.5 Å². The molecule has 0 amide bonds. The minimum absolute atomic E-state index is 0.530. The largest absolute Gasteiger partial charge is 0.381 e. The molecule has 2 fully saturated rings. The van der Waals surface area contributed by atoms with Crippen molar-refractivity contribution in [3.05, 3.63) is 0 Å². The highest BCUT2D eigenvalue weighted by Crippen LogP contribution is 2.25. The van der Waals surface area contributed by atoms with Crippen molar-refractivity contribution in [2.75, 3.05) is 26.4 Å². The zero-order chi connectivity index (χ0) is 11.9. The monoisotopic (exact) mass is 241 g/mol. The molecule has 0 bridgehead atoms. The molecule has 100 valence electrons. The van der Waals surface area contributed by atoms with Crippen molar-refractivity contribution in [3.8, 4) is 0 Å². The molecule has 1 saturated heterocycles. The van der Waals surface area contributed by atoms with E-state index in [1.165, 1.54) is 25.7 Å². The molecular formula is C14H27NO2. The first-order chi connectivity index (χ1) is 8.34. The Morgan fingerprint density at radius 3 is 2.47 bits per heavy atom. The predicted octanol–water partition coefficient (Wildman–Crippen LogP) is 2.35. The summed E-state index contributed by atoms with van der Waals surface area (Å²) < 4.78 is 11.3. The van der Waals surface area contributed by atoms with Gasteiger partial charge in [0.05, 0.1) is 12.7 Å². The Hall–Kier alpha value is -0.120. The van der Waals surface area contributed by atoms with E-state index in [0.717, 1.165) is 45.1 Å². The maximum Gasteiger partial charge on any atom is 0.0594 e. The molecule has 1 N–H and O–H groups in total. The van der Waals surface area contributed by atoms with Crippen molar-refractivity contribution < 1.29 is 9.47 Å². The van der Waals surface area contributed by atoms with Crippen molar-refractivity contribution in [1.82, 2.24) is 5.32 Å². The highest BCUT2D eigenvalue weighted by Gasteiger charge is 2.18. The average molecular weight is 241 g/mol. The molecule has 17 heavy (non-hydrogen) atoms. The Balaban J connectivity index is 1.48. The van der Waals surface area contributed by atoms with Gasteiger partial charge in [-0.15, -0.1) is 0 Å². The lowest BCUT2D eigenvalue weighted by Gasteiger charge is -2.27. The summed E-state index contributed by atoms with van der Waals surface area (Å²) in [6, 6.07) is 0.652. The Morgan fingerprint density at radius 2 is 1.76 bits per heavy atom.